The second-order valence-corrected chi connectivity index (χ2v) is 11.9. The number of thiophene rings is 1. The van der Waals surface area contributed by atoms with E-state index < -0.39 is 20.0 Å². The minimum absolute atomic E-state index is 0.230. The van der Waals surface area contributed by atoms with Gasteiger partial charge >= 0.3 is 0 Å². The van der Waals surface area contributed by atoms with Crippen LogP contribution in [0.3, 0.4) is 0 Å². The Labute approximate surface area is 148 Å². The summed E-state index contributed by atoms with van der Waals surface area (Å²) in [5.74, 6) is 0. The molecule has 0 radical (unpaired) electrons. The van der Waals surface area contributed by atoms with E-state index in [-0.39, 0.29) is 31.4 Å². The fraction of sp³-hybridized carbons (Fsp3) is 0.733. The minimum atomic E-state index is -3.51. The van der Waals surface area contributed by atoms with Crippen LogP contribution in [0.1, 0.15) is 37.5 Å². The van der Waals surface area contributed by atoms with Crippen molar-refractivity contribution in [2.45, 2.75) is 48.5 Å². The third kappa shape index (κ3) is 3.41. The number of aryl methyl sites for hydroxylation is 1. The molecule has 1 saturated carbocycles. The van der Waals surface area contributed by atoms with Gasteiger partial charge in [-0.3, -0.25) is 0 Å². The Hall–Kier alpha value is -0.480. The van der Waals surface area contributed by atoms with Gasteiger partial charge in [0.2, 0.25) is 10.0 Å². The molecule has 0 aromatic carbocycles. The molecule has 1 saturated heterocycles. The predicted molar refractivity (Wildman–Crippen MR) is 95.2 cm³/mol. The highest BCUT2D eigenvalue weighted by atomic mass is 32.2. The van der Waals surface area contributed by atoms with Crippen molar-refractivity contribution < 1.29 is 16.8 Å². The van der Waals surface area contributed by atoms with E-state index in [1.54, 1.807) is 6.07 Å². The topological polar surface area (TPSA) is 74.8 Å². The van der Waals surface area contributed by atoms with Crippen molar-refractivity contribution in [3.63, 3.8) is 0 Å². The molecule has 136 valence electrons. The second-order valence-electron chi connectivity index (χ2n) is 6.33. The normalized spacial score (nSPS) is 22.2. The maximum atomic E-state index is 12.7. The molecular weight excluding hydrogens is 368 g/mol. The summed E-state index contributed by atoms with van der Waals surface area (Å²) in [5, 5.41) is -0.273. The fourth-order valence-electron chi connectivity index (χ4n) is 3.38. The molecule has 2 fully saturated rings. The summed E-state index contributed by atoms with van der Waals surface area (Å²) in [4.78, 5) is 1.04. The summed E-state index contributed by atoms with van der Waals surface area (Å²) in [6.45, 7) is 2.96. The molecule has 1 aliphatic carbocycles. The van der Waals surface area contributed by atoms with Crippen LogP contribution in [0.15, 0.2) is 16.3 Å². The molecule has 0 unspecified atom stereocenters. The van der Waals surface area contributed by atoms with Crippen LogP contribution in [-0.2, 0) is 26.5 Å². The van der Waals surface area contributed by atoms with Gasteiger partial charge in [-0.15, -0.1) is 11.3 Å². The predicted octanol–water partition coefficient (Wildman–Crippen LogP) is 1.89. The van der Waals surface area contributed by atoms with Crippen LogP contribution in [0.2, 0.25) is 0 Å². The van der Waals surface area contributed by atoms with Crippen molar-refractivity contribution in [2.24, 2.45) is 0 Å². The third-order valence-electron chi connectivity index (χ3n) is 4.86. The summed E-state index contributed by atoms with van der Waals surface area (Å²) in [6.07, 6.45) is 4.21. The lowest BCUT2D eigenvalue weighted by Crippen LogP contribution is -2.52. The first-order chi connectivity index (χ1) is 11.4. The van der Waals surface area contributed by atoms with E-state index in [0.717, 1.165) is 37.0 Å². The average molecular weight is 393 g/mol. The lowest BCUT2D eigenvalue weighted by molar-refractivity contribution is 0.271. The standard InChI is InChI=1S/C15H24N2O4S3/c1-2-13-7-8-15(22-13)24(20,21)17-11-9-16(10-12-17)23(18,19)14-5-3-4-6-14/h7-8,14H,2-6,9-12H2,1H3. The first-order valence-corrected chi connectivity index (χ1v) is 12.2. The van der Waals surface area contributed by atoms with Crippen molar-refractivity contribution in [1.82, 2.24) is 8.61 Å². The van der Waals surface area contributed by atoms with Crippen molar-refractivity contribution in [3.8, 4) is 0 Å². The monoisotopic (exact) mass is 392 g/mol. The second kappa shape index (κ2) is 7.03. The largest absolute Gasteiger partial charge is 0.252 e. The van der Waals surface area contributed by atoms with Crippen molar-refractivity contribution in [2.75, 3.05) is 26.2 Å². The molecule has 0 bridgehead atoms. The van der Waals surface area contributed by atoms with Gasteiger partial charge in [0, 0.05) is 31.1 Å². The Morgan fingerprint density at radius 2 is 1.58 bits per heavy atom. The highest BCUT2D eigenvalue weighted by Crippen LogP contribution is 2.29. The number of rotatable bonds is 5. The fourth-order valence-corrected chi connectivity index (χ4v) is 8.27. The number of hydrogen-bond donors (Lipinski definition) is 0. The van der Waals surface area contributed by atoms with Crippen molar-refractivity contribution in [1.29, 1.82) is 0 Å². The summed E-state index contributed by atoms with van der Waals surface area (Å²) in [7, 11) is -6.79. The third-order valence-corrected chi connectivity index (χ3v) is 10.9. The minimum Gasteiger partial charge on any atom is -0.212 e. The van der Waals surface area contributed by atoms with Crippen LogP contribution < -0.4 is 0 Å². The number of nitrogens with zero attached hydrogens (tertiary/aromatic N) is 2. The van der Waals surface area contributed by atoms with Gasteiger partial charge in [0.05, 0.1) is 5.25 Å². The zero-order chi connectivity index (χ0) is 17.4. The first-order valence-electron chi connectivity index (χ1n) is 8.43. The molecule has 0 spiro atoms. The highest BCUT2D eigenvalue weighted by molar-refractivity contribution is 7.91. The summed E-state index contributed by atoms with van der Waals surface area (Å²) in [5.41, 5.74) is 0. The molecule has 3 rings (SSSR count). The SMILES string of the molecule is CCc1ccc(S(=O)(=O)N2CCN(S(=O)(=O)C3CCCC3)CC2)s1. The van der Waals surface area contributed by atoms with E-state index in [9.17, 15) is 16.8 Å². The molecule has 0 N–H and O–H groups in total. The van der Waals surface area contributed by atoms with E-state index in [1.807, 2.05) is 13.0 Å². The first kappa shape index (κ1) is 18.3. The highest BCUT2D eigenvalue weighted by Gasteiger charge is 2.38. The van der Waals surface area contributed by atoms with Gasteiger partial charge in [-0.1, -0.05) is 19.8 Å². The van der Waals surface area contributed by atoms with E-state index in [0.29, 0.717) is 4.21 Å². The van der Waals surface area contributed by atoms with E-state index >= 15 is 0 Å². The lowest BCUT2D eigenvalue weighted by Gasteiger charge is -2.34. The Balaban J connectivity index is 1.68. The van der Waals surface area contributed by atoms with Gasteiger partial charge < -0.3 is 0 Å². The maximum absolute atomic E-state index is 12.7. The van der Waals surface area contributed by atoms with Crippen LogP contribution in [0.4, 0.5) is 0 Å². The summed E-state index contributed by atoms with van der Waals surface area (Å²) < 4.78 is 53.9. The van der Waals surface area contributed by atoms with Gasteiger partial charge in [0.15, 0.2) is 0 Å². The number of piperazine rings is 1. The number of sulfonamides is 2. The van der Waals surface area contributed by atoms with Gasteiger partial charge in [0.1, 0.15) is 4.21 Å². The molecule has 2 heterocycles. The van der Waals surface area contributed by atoms with Gasteiger partial charge in [0.25, 0.3) is 10.0 Å². The van der Waals surface area contributed by atoms with Crippen LogP contribution in [0.25, 0.3) is 0 Å². The summed E-state index contributed by atoms with van der Waals surface area (Å²) in [6, 6.07) is 3.50. The molecule has 2 aliphatic rings. The van der Waals surface area contributed by atoms with Gasteiger partial charge in [-0.2, -0.15) is 8.61 Å². The Morgan fingerprint density at radius 1 is 1.00 bits per heavy atom. The van der Waals surface area contributed by atoms with Crippen LogP contribution in [-0.4, -0.2) is 56.9 Å². The zero-order valence-electron chi connectivity index (χ0n) is 13.8. The van der Waals surface area contributed by atoms with E-state index in [1.165, 1.54) is 19.9 Å². The van der Waals surface area contributed by atoms with Crippen LogP contribution >= 0.6 is 11.3 Å². The smallest absolute Gasteiger partial charge is 0.212 e. The van der Waals surface area contributed by atoms with Crippen LogP contribution in [0.5, 0.6) is 0 Å². The molecule has 24 heavy (non-hydrogen) atoms. The quantitative estimate of drug-likeness (QED) is 0.767. The molecule has 1 aromatic heterocycles. The molecule has 0 amide bonds. The lowest BCUT2D eigenvalue weighted by atomic mass is 10.4. The number of hydrogen-bond acceptors (Lipinski definition) is 5. The summed E-state index contributed by atoms with van der Waals surface area (Å²) >= 11 is 1.30. The Kier molecular flexibility index (Phi) is 5.36. The molecule has 1 aromatic rings. The van der Waals surface area contributed by atoms with E-state index in [4.69, 9.17) is 0 Å². The molecule has 0 atom stereocenters. The molecule has 9 heteroatoms. The van der Waals surface area contributed by atoms with Crippen molar-refractivity contribution >= 4 is 31.4 Å². The average Bonchev–Trinajstić information content (AvgIpc) is 3.26. The molecule has 6 nitrogen and oxygen atoms in total. The zero-order valence-corrected chi connectivity index (χ0v) is 16.3. The molecule has 1 aliphatic heterocycles. The van der Waals surface area contributed by atoms with E-state index in [2.05, 4.69) is 0 Å². The Morgan fingerprint density at radius 3 is 2.12 bits per heavy atom. The maximum Gasteiger partial charge on any atom is 0.252 e. The molecular formula is C15H24N2O4S3. The van der Waals surface area contributed by atoms with Gasteiger partial charge in [-0.25, -0.2) is 16.8 Å². The van der Waals surface area contributed by atoms with Gasteiger partial charge in [-0.05, 0) is 31.4 Å². The Bertz CT molecular complexity index is 771. The van der Waals surface area contributed by atoms with Crippen molar-refractivity contribution in [3.05, 3.63) is 17.0 Å². The van der Waals surface area contributed by atoms with Crippen LogP contribution in [0, 0.1) is 0 Å².